The standard InChI is InChI=1S/C24H30N2O/c1-19-9-11-20(12-10-19)6-5-13-25-14-16-26(17-15-25)24(27)23-18-22(23)21-7-3-2-4-8-21/h2-4,7-12,22-23H,5-6,13-18H2,1H3/t22-,23+/m0/s1. The molecular formula is C24H30N2O. The highest BCUT2D eigenvalue weighted by molar-refractivity contribution is 5.83. The van der Waals surface area contributed by atoms with Gasteiger partial charge in [0.25, 0.3) is 0 Å². The van der Waals surface area contributed by atoms with Crippen LogP contribution in [0.15, 0.2) is 54.6 Å². The number of carbonyl (C=O) groups is 1. The van der Waals surface area contributed by atoms with Crippen molar-refractivity contribution >= 4 is 5.91 Å². The normalized spacial score (nSPS) is 22.6. The average Bonchev–Trinajstić information content (AvgIpc) is 3.51. The van der Waals surface area contributed by atoms with E-state index in [9.17, 15) is 4.79 Å². The number of amides is 1. The summed E-state index contributed by atoms with van der Waals surface area (Å²) < 4.78 is 0. The Morgan fingerprint density at radius 2 is 1.67 bits per heavy atom. The van der Waals surface area contributed by atoms with Gasteiger partial charge in [0.2, 0.25) is 5.91 Å². The molecule has 3 heteroatoms. The number of nitrogens with zero attached hydrogens (tertiary/aromatic N) is 2. The van der Waals surface area contributed by atoms with Crippen LogP contribution in [0.5, 0.6) is 0 Å². The number of carbonyl (C=O) groups excluding carboxylic acids is 1. The van der Waals surface area contributed by atoms with Gasteiger partial charge in [-0.3, -0.25) is 9.69 Å². The molecule has 142 valence electrons. The Labute approximate surface area is 163 Å². The Kier molecular flexibility index (Phi) is 5.58. The Balaban J connectivity index is 1.18. The van der Waals surface area contributed by atoms with Crippen LogP contribution in [-0.2, 0) is 11.2 Å². The molecular weight excluding hydrogens is 332 g/mol. The van der Waals surface area contributed by atoms with Gasteiger partial charge in [0.15, 0.2) is 0 Å². The van der Waals surface area contributed by atoms with Gasteiger partial charge in [-0.25, -0.2) is 0 Å². The largest absolute Gasteiger partial charge is 0.340 e. The van der Waals surface area contributed by atoms with E-state index in [0.717, 1.165) is 45.6 Å². The lowest BCUT2D eigenvalue weighted by molar-refractivity contribution is -0.134. The summed E-state index contributed by atoms with van der Waals surface area (Å²) in [5, 5.41) is 0. The minimum atomic E-state index is 0.223. The van der Waals surface area contributed by atoms with Gasteiger partial charge in [0.05, 0.1) is 0 Å². The third-order valence-corrected chi connectivity index (χ3v) is 6.08. The lowest BCUT2D eigenvalue weighted by Gasteiger charge is -2.35. The maximum atomic E-state index is 12.8. The first kappa shape index (κ1) is 18.2. The van der Waals surface area contributed by atoms with Gasteiger partial charge in [-0.2, -0.15) is 0 Å². The molecule has 1 aliphatic carbocycles. The zero-order valence-electron chi connectivity index (χ0n) is 16.3. The summed E-state index contributed by atoms with van der Waals surface area (Å²) in [4.78, 5) is 17.4. The van der Waals surface area contributed by atoms with Gasteiger partial charge in [0.1, 0.15) is 0 Å². The summed E-state index contributed by atoms with van der Waals surface area (Å²) >= 11 is 0. The first-order valence-electron chi connectivity index (χ1n) is 10.3. The molecule has 1 heterocycles. The summed E-state index contributed by atoms with van der Waals surface area (Å²) in [7, 11) is 0. The van der Waals surface area contributed by atoms with Crippen LogP contribution in [0, 0.1) is 12.8 Å². The maximum Gasteiger partial charge on any atom is 0.226 e. The van der Waals surface area contributed by atoms with Crippen LogP contribution in [0.2, 0.25) is 0 Å². The number of hydrogen-bond acceptors (Lipinski definition) is 2. The van der Waals surface area contributed by atoms with Gasteiger partial charge in [0, 0.05) is 32.1 Å². The lowest BCUT2D eigenvalue weighted by Crippen LogP contribution is -2.49. The molecule has 1 aliphatic heterocycles. The second-order valence-corrected chi connectivity index (χ2v) is 8.12. The van der Waals surface area contributed by atoms with Crippen molar-refractivity contribution in [3.8, 4) is 0 Å². The lowest BCUT2D eigenvalue weighted by atomic mass is 10.1. The van der Waals surface area contributed by atoms with Crippen molar-refractivity contribution in [2.75, 3.05) is 32.7 Å². The fraction of sp³-hybridized carbons (Fsp3) is 0.458. The van der Waals surface area contributed by atoms with E-state index in [1.165, 1.54) is 23.1 Å². The van der Waals surface area contributed by atoms with E-state index in [2.05, 4.69) is 65.3 Å². The highest BCUT2D eigenvalue weighted by Gasteiger charge is 2.45. The van der Waals surface area contributed by atoms with E-state index < -0.39 is 0 Å². The molecule has 0 unspecified atom stereocenters. The monoisotopic (exact) mass is 362 g/mol. The summed E-state index contributed by atoms with van der Waals surface area (Å²) in [5.74, 6) is 1.05. The molecule has 2 aromatic rings. The molecule has 3 nitrogen and oxygen atoms in total. The van der Waals surface area contributed by atoms with E-state index in [4.69, 9.17) is 0 Å². The minimum absolute atomic E-state index is 0.223. The number of rotatable bonds is 6. The third kappa shape index (κ3) is 4.59. The SMILES string of the molecule is Cc1ccc(CCCN2CCN(C(=O)[C@@H]3C[C@H]3c3ccccc3)CC2)cc1. The molecule has 1 amide bonds. The highest BCUT2D eigenvalue weighted by atomic mass is 16.2. The smallest absolute Gasteiger partial charge is 0.226 e. The molecule has 0 spiro atoms. The Hall–Kier alpha value is -2.13. The Morgan fingerprint density at radius 1 is 0.963 bits per heavy atom. The predicted molar refractivity (Wildman–Crippen MR) is 110 cm³/mol. The van der Waals surface area contributed by atoms with Crippen LogP contribution in [0.4, 0.5) is 0 Å². The fourth-order valence-electron chi connectivity index (χ4n) is 4.22. The third-order valence-electron chi connectivity index (χ3n) is 6.08. The summed E-state index contributed by atoms with van der Waals surface area (Å²) in [6.07, 6.45) is 3.36. The number of hydrogen-bond donors (Lipinski definition) is 0. The van der Waals surface area contributed by atoms with Crippen LogP contribution in [0.1, 0.15) is 35.4 Å². The first-order valence-corrected chi connectivity index (χ1v) is 10.3. The summed E-state index contributed by atoms with van der Waals surface area (Å²) in [5.41, 5.74) is 4.07. The zero-order valence-corrected chi connectivity index (χ0v) is 16.3. The molecule has 27 heavy (non-hydrogen) atoms. The molecule has 2 aliphatic rings. The van der Waals surface area contributed by atoms with Gasteiger partial charge in [-0.05, 0) is 49.8 Å². The van der Waals surface area contributed by atoms with Crippen molar-refractivity contribution < 1.29 is 4.79 Å². The Morgan fingerprint density at radius 3 is 2.37 bits per heavy atom. The van der Waals surface area contributed by atoms with Crippen molar-refractivity contribution in [1.82, 2.24) is 9.80 Å². The van der Waals surface area contributed by atoms with E-state index in [0.29, 0.717) is 11.8 Å². The molecule has 1 saturated carbocycles. The quantitative estimate of drug-likeness (QED) is 0.779. The molecule has 2 atom stereocenters. The van der Waals surface area contributed by atoms with E-state index in [1.54, 1.807) is 0 Å². The highest BCUT2D eigenvalue weighted by Crippen LogP contribution is 2.48. The topological polar surface area (TPSA) is 23.6 Å². The summed E-state index contributed by atoms with van der Waals surface area (Å²) in [6, 6.07) is 19.4. The average molecular weight is 363 g/mol. The van der Waals surface area contributed by atoms with E-state index >= 15 is 0 Å². The van der Waals surface area contributed by atoms with Crippen LogP contribution < -0.4 is 0 Å². The van der Waals surface area contributed by atoms with Crippen LogP contribution in [0.3, 0.4) is 0 Å². The molecule has 2 fully saturated rings. The van der Waals surface area contributed by atoms with Crippen LogP contribution in [-0.4, -0.2) is 48.4 Å². The molecule has 2 aromatic carbocycles. The first-order chi connectivity index (χ1) is 13.2. The van der Waals surface area contributed by atoms with Gasteiger partial charge >= 0.3 is 0 Å². The van der Waals surface area contributed by atoms with Crippen LogP contribution in [0.25, 0.3) is 0 Å². The second kappa shape index (κ2) is 8.26. The van der Waals surface area contributed by atoms with E-state index in [1.807, 2.05) is 6.07 Å². The predicted octanol–water partition coefficient (Wildman–Crippen LogP) is 3.88. The molecule has 0 N–H and O–H groups in total. The number of piperazine rings is 1. The number of benzene rings is 2. The van der Waals surface area contributed by atoms with Crippen molar-refractivity contribution in [3.05, 3.63) is 71.3 Å². The van der Waals surface area contributed by atoms with Crippen molar-refractivity contribution in [2.24, 2.45) is 5.92 Å². The van der Waals surface area contributed by atoms with E-state index in [-0.39, 0.29) is 5.92 Å². The number of aryl methyl sites for hydroxylation is 2. The molecule has 4 rings (SSSR count). The fourth-order valence-corrected chi connectivity index (χ4v) is 4.22. The van der Waals surface area contributed by atoms with Crippen molar-refractivity contribution in [1.29, 1.82) is 0 Å². The minimum Gasteiger partial charge on any atom is -0.340 e. The van der Waals surface area contributed by atoms with Crippen molar-refractivity contribution in [3.63, 3.8) is 0 Å². The van der Waals surface area contributed by atoms with Gasteiger partial charge < -0.3 is 4.90 Å². The van der Waals surface area contributed by atoms with Gasteiger partial charge in [-0.15, -0.1) is 0 Å². The van der Waals surface area contributed by atoms with Crippen LogP contribution >= 0.6 is 0 Å². The second-order valence-electron chi connectivity index (χ2n) is 8.12. The molecule has 0 aromatic heterocycles. The van der Waals surface area contributed by atoms with Gasteiger partial charge in [-0.1, -0.05) is 60.2 Å². The zero-order chi connectivity index (χ0) is 18.6. The van der Waals surface area contributed by atoms with Crippen molar-refractivity contribution in [2.45, 2.75) is 32.1 Å². The summed E-state index contributed by atoms with van der Waals surface area (Å²) in [6.45, 7) is 7.08. The molecule has 0 bridgehead atoms. The maximum absolute atomic E-state index is 12.8. The molecule has 0 radical (unpaired) electrons. The molecule has 1 saturated heterocycles. The Bertz CT molecular complexity index is 748.